The summed E-state index contributed by atoms with van der Waals surface area (Å²) >= 11 is 0. The Morgan fingerprint density at radius 2 is 2.05 bits per heavy atom. The number of aromatic amines is 1. The lowest BCUT2D eigenvalue weighted by Gasteiger charge is -2.39. The zero-order valence-corrected chi connectivity index (χ0v) is 13.6. The van der Waals surface area contributed by atoms with Crippen molar-refractivity contribution in [3.8, 4) is 0 Å². The molecule has 3 rings (SSSR count). The molecule has 3 heterocycles. The van der Waals surface area contributed by atoms with E-state index in [2.05, 4.69) is 33.9 Å². The van der Waals surface area contributed by atoms with Crippen LogP contribution in [0.4, 0.5) is 0 Å². The molecule has 1 atom stereocenters. The number of ether oxygens (including phenoxy) is 1. The molecule has 118 valence electrons. The van der Waals surface area contributed by atoms with E-state index < -0.39 is 0 Å². The maximum Gasteiger partial charge on any atom is 0.153 e. The smallest absolute Gasteiger partial charge is 0.153 e. The zero-order valence-electron chi connectivity index (χ0n) is 13.6. The first kappa shape index (κ1) is 15.0. The van der Waals surface area contributed by atoms with Crippen molar-refractivity contribution in [3.63, 3.8) is 0 Å². The largest absolute Gasteiger partial charge is 0.376 e. The molecular weight excluding hydrogens is 264 g/mol. The average molecular weight is 292 g/mol. The van der Waals surface area contributed by atoms with Crippen LogP contribution in [0.5, 0.6) is 0 Å². The zero-order chi connectivity index (χ0) is 14.9. The van der Waals surface area contributed by atoms with Gasteiger partial charge in [0.1, 0.15) is 5.82 Å². The number of piperidine rings is 1. The van der Waals surface area contributed by atoms with Crippen LogP contribution in [0.2, 0.25) is 0 Å². The van der Waals surface area contributed by atoms with Crippen LogP contribution in [0.1, 0.15) is 57.1 Å². The van der Waals surface area contributed by atoms with Gasteiger partial charge < -0.3 is 9.64 Å². The molecule has 21 heavy (non-hydrogen) atoms. The molecule has 0 spiro atoms. The number of hydrogen-bond donors (Lipinski definition) is 1. The van der Waals surface area contributed by atoms with E-state index >= 15 is 0 Å². The van der Waals surface area contributed by atoms with E-state index in [1.165, 1.54) is 45.3 Å². The average Bonchev–Trinajstić information content (AvgIpc) is 2.85. The molecule has 2 aliphatic heterocycles. The van der Waals surface area contributed by atoms with Gasteiger partial charge in [0.05, 0.1) is 5.60 Å². The molecule has 2 fully saturated rings. The Morgan fingerprint density at radius 1 is 1.29 bits per heavy atom. The fourth-order valence-electron chi connectivity index (χ4n) is 3.80. The summed E-state index contributed by atoms with van der Waals surface area (Å²) < 4.78 is 5.82. The molecule has 0 aliphatic carbocycles. The van der Waals surface area contributed by atoms with Gasteiger partial charge in [-0.1, -0.05) is 0 Å². The van der Waals surface area contributed by atoms with Gasteiger partial charge in [0.25, 0.3) is 0 Å². The minimum atomic E-state index is 0.0672. The first-order valence-electron chi connectivity index (χ1n) is 8.27. The van der Waals surface area contributed by atoms with Crippen molar-refractivity contribution in [2.75, 3.05) is 26.2 Å². The Bertz CT molecular complexity index is 463. The molecule has 0 saturated carbocycles. The van der Waals surface area contributed by atoms with Crippen LogP contribution >= 0.6 is 0 Å². The van der Waals surface area contributed by atoms with Crippen molar-refractivity contribution in [2.24, 2.45) is 5.92 Å². The molecule has 0 radical (unpaired) electrons. The molecule has 0 bridgehead atoms. The van der Waals surface area contributed by atoms with Gasteiger partial charge in [-0.25, -0.2) is 4.98 Å². The van der Waals surface area contributed by atoms with Crippen LogP contribution in [0.25, 0.3) is 0 Å². The first-order chi connectivity index (χ1) is 10.0. The van der Waals surface area contributed by atoms with Crippen molar-refractivity contribution in [2.45, 2.75) is 58.0 Å². The van der Waals surface area contributed by atoms with E-state index in [-0.39, 0.29) is 5.60 Å². The van der Waals surface area contributed by atoms with E-state index in [1.54, 1.807) is 0 Å². The third-order valence-electron chi connectivity index (χ3n) is 4.88. The minimum absolute atomic E-state index is 0.0672. The summed E-state index contributed by atoms with van der Waals surface area (Å²) in [6, 6.07) is 0. The van der Waals surface area contributed by atoms with Gasteiger partial charge in [-0.15, -0.1) is 0 Å². The minimum Gasteiger partial charge on any atom is -0.376 e. The highest BCUT2D eigenvalue weighted by molar-refractivity contribution is 4.99. The molecule has 2 aliphatic rings. The first-order valence-corrected chi connectivity index (χ1v) is 8.27. The second-order valence-corrected chi connectivity index (χ2v) is 7.32. The number of rotatable bonds is 3. The Labute approximate surface area is 127 Å². The number of aryl methyl sites for hydroxylation is 1. The lowest BCUT2D eigenvalue weighted by Crippen LogP contribution is -2.42. The molecule has 1 unspecified atom stereocenters. The van der Waals surface area contributed by atoms with Gasteiger partial charge in [-0.2, -0.15) is 5.10 Å². The molecule has 0 aromatic carbocycles. The number of nitrogens with one attached hydrogen (secondary N) is 1. The standard InChI is InChI=1S/C16H28N4O/c1-12-17-15(19-18-12)14-4-7-20(8-5-14)11-13-6-9-21-16(2,3)10-13/h13-14H,4-11H2,1-3H3,(H,17,18,19). The Kier molecular flexibility index (Phi) is 4.31. The summed E-state index contributed by atoms with van der Waals surface area (Å²) in [4.78, 5) is 7.12. The number of hydrogen-bond acceptors (Lipinski definition) is 4. The summed E-state index contributed by atoms with van der Waals surface area (Å²) in [5, 5.41) is 7.29. The SMILES string of the molecule is Cc1nc(C2CCN(CC3CCOC(C)(C)C3)CC2)n[nH]1. The van der Waals surface area contributed by atoms with Crippen LogP contribution in [0.15, 0.2) is 0 Å². The predicted octanol–water partition coefficient (Wildman–Crippen LogP) is 2.50. The monoisotopic (exact) mass is 292 g/mol. The Balaban J connectivity index is 1.47. The Hall–Kier alpha value is -0.940. The van der Waals surface area contributed by atoms with E-state index in [4.69, 9.17) is 4.74 Å². The fraction of sp³-hybridized carbons (Fsp3) is 0.875. The van der Waals surface area contributed by atoms with Gasteiger partial charge in [0.2, 0.25) is 0 Å². The van der Waals surface area contributed by atoms with Gasteiger partial charge in [0, 0.05) is 19.1 Å². The van der Waals surface area contributed by atoms with Crippen molar-refractivity contribution in [3.05, 3.63) is 11.6 Å². The van der Waals surface area contributed by atoms with Crippen LogP contribution in [-0.2, 0) is 4.74 Å². The second kappa shape index (κ2) is 6.05. The topological polar surface area (TPSA) is 54.0 Å². The Morgan fingerprint density at radius 3 is 2.67 bits per heavy atom. The third-order valence-corrected chi connectivity index (χ3v) is 4.88. The van der Waals surface area contributed by atoms with Crippen molar-refractivity contribution in [1.29, 1.82) is 0 Å². The summed E-state index contributed by atoms with van der Waals surface area (Å²) in [5.74, 6) is 3.27. The second-order valence-electron chi connectivity index (χ2n) is 7.32. The van der Waals surface area contributed by atoms with Crippen LogP contribution in [-0.4, -0.2) is 51.9 Å². The predicted molar refractivity (Wildman–Crippen MR) is 82.3 cm³/mol. The van der Waals surface area contributed by atoms with E-state index in [0.29, 0.717) is 5.92 Å². The molecule has 1 aromatic rings. The van der Waals surface area contributed by atoms with Crippen LogP contribution < -0.4 is 0 Å². The fourth-order valence-corrected chi connectivity index (χ4v) is 3.80. The number of likely N-dealkylation sites (tertiary alicyclic amines) is 1. The summed E-state index contributed by atoms with van der Waals surface area (Å²) in [5.41, 5.74) is 0.0672. The molecule has 1 N–H and O–H groups in total. The van der Waals surface area contributed by atoms with E-state index in [0.717, 1.165) is 24.2 Å². The lowest BCUT2D eigenvalue weighted by molar-refractivity contribution is -0.0775. The maximum atomic E-state index is 5.82. The van der Waals surface area contributed by atoms with Crippen LogP contribution in [0.3, 0.4) is 0 Å². The summed E-state index contributed by atoms with van der Waals surface area (Å²) in [6.07, 6.45) is 4.77. The van der Waals surface area contributed by atoms with Crippen LogP contribution in [0, 0.1) is 12.8 Å². The quantitative estimate of drug-likeness (QED) is 0.930. The third kappa shape index (κ3) is 3.83. The molecular formula is C16H28N4O. The molecule has 1 aromatic heterocycles. The highest BCUT2D eigenvalue weighted by atomic mass is 16.5. The summed E-state index contributed by atoms with van der Waals surface area (Å²) in [6.45, 7) is 10.9. The van der Waals surface area contributed by atoms with Crippen molar-refractivity contribution < 1.29 is 4.74 Å². The summed E-state index contributed by atoms with van der Waals surface area (Å²) in [7, 11) is 0. The van der Waals surface area contributed by atoms with E-state index in [9.17, 15) is 0 Å². The molecule has 0 amide bonds. The highest BCUT2D eigenvalue weighted by Crippen LogP contribution is 2.31. The highest BCUT2D eigenvalue weighted by Gasteiger charge is 2.31. The molecule has 5 heteroatoms. The van der Waals surface area contributed by atoms with E-state index in [1.807, 2.05) is 6.92 Å². The van der Waals surface area contributed by atoms with Crippen molar-refractivity contribution >= 4 is 0 Å². The number of H-pyrrole nitrogens is 1. The van der Waals surface area contributed by atoms with Gasteiger partial charge in [-0.05, 0) is 65.5 Å². The van der Waals surface area contributed by atoms with Gasteiger partial charge in [-0.3, -0.25) is 5.10 Å². The molecule has 2 saturated heterocycles. The number of nitrogens with zero attached hydrogens (tertiary/aromatic N) is 3. The lowest BCUT2D eigenvalue weighted by atomic mass is 9.87. The normalized spacial score (nSPS) is 27.9. The van der Waals surface area contributed by atoms with Gasteiger partial charge >= 0.3 is 0 Å². The maximum absolute atomic E-state index is 5.82. The number of aromatic nitrogens is 3. The van der Waals surface area contributed by atoms with Gasteiger partial charge in [0.15, 0.2) is 5.82 Å². The molecule has 5 nitrogen and oxygen atoms in total. The van der Waals surface area contributed by atoms with Crippen molar-refractivity contribution in [1.82, 2.24) is 20.1 Å².